The van der Waals surface area contributed by atoms with Gasteiger partial charge in [0.2, 0.25) is 0 Å². The standard InChI is InChI=1S/C13H16/c1-2-6-11-8-5-9-12-7-3-4-10-13(11)12/h4-5,8-10H,2-3,6-7H2,1H3. The van der Waals surface area contributed by atoms with Crippen molar-refractivity contribution in [3.8, 4) is 0 Å². The van der Waals surface area contributed by atoms with Gasteiger partial charge in [-0.15, -0.1) is 0 Å². The topological polar surface area (TPSA) is 0 Å². The Bertz CT molecular complexity index is 321. The Balaban J connectivity index is 2.42. The lowest BCUT2D eigenvalue weighted by molar-refractivity contribution is 0.903. The van der Waals surface area contributed by atoms with Crippen LogP contribution in [0.15, 0.2) is 24.3 Å². The van der Waals surface area contributed by atoms with Gasteiger partial charge in [-0.25, -0.2) is 0 Å². The fourth-order valence-electron chi connectivity index (χ4n) is 2.03. The third-order valence-corrected chi connectivity index (χ3v) is 2.67. The Kier molecular flexibility index (Phi) is 2.49. The van der Waals surface area contributed by atoms with E-state index in [0.717, 1.165) is 0 Å². The molecule has 0 heteroatoms. The van der Waals surface area contributed by atoms with Crippen LogP contribution in [0.2, 0.25) is 0 Å². The van der Waals surface area contributed by atoms with Gasteiger partial charge in [0.1, 0.15) is 0 Å². The second-order valence-electron chi connectivity index (χ2n) is 3.68. The van der Waals surface area contributed by atoms with Gasteiger partial charge in [0.05, 0.1) is 0 Å². The molecule has 1 aliphatic rings. The number of allylic oxidation sites excluding steroid dienone is 1. The molecule has 0 bridgehead atoms. The second kappa shape index (κ2) is 3.78. The van der Waals surface area contributed by atoms with E-state index >= 15 is 0 Å². The minimum absolute atomic E-state index is 1.21. The van der Waals surface area contributed by atoms with Crippen LogP contribution in [-0.2, 0) is 12.8 Å². The van der Waals surface area contributed by atoms with Gasteiger partial charge >= 0.3 is 0 Å². The molecule has 0 N–H and O–H groups in total. The van der Waals surface area contributed by atoms with Gasteiger partial charge in [-0.05, 0) is 36.0 Å². The van der Waals surface area contributed by atoms with E-state index in [-0.39, 0.29) is 0 Å². The van der Waals surface area contributed by atoms with Crippen molar-refractivity contribution in [2.45, 2.75) is 32.6 Å². The average molecular weight is 172 g/mol. The molecular weight excluding hydrogens is 156 g/mol. The lowest BCUT2D eigenvalue weighted by Crippen LogP contribution is -1.98. The molecule has 0 heterocycles. The van der Waals surface area contributed by atoms with Gasteiger partial charge in [-0.2, -0.15) is 0 Å². The molecule has 0 atom stereocenters. The number of fused-ring (bicyclic) bond motifs is 1. The Labute approximate surface area is 80.3 Å². The van der Waals surface area contributed by atoms with Gasteiger partial charge < -0.3 is 0 Å². The highest BCUT2D eigenvalue weighted by Gasteiger charge is 2.07. The molecule has 1 aliphatic carbocycles. The van der Waals surface area contributed by atoms with Crippen molar-refractivity contribution in [2.24, 2.45) is 0 Å². The first kappa shape index (κ1) is 8.55. The zero-order valence-electron chi connectivity index (χ0n) is 8.22. The minimum Gasteiger partial charge on any atom is -0.0836 e. The maximum atomic E-state index is 2.30. The summed E-state index contributed by atoms with van der Waals surface area (Å²) in [5, 5.41) is 0. The fraction of sp³-hybridized carbons (Fsp3) is 0.385. The summed E-state index contributed by atoms with van der Waals surface area (Å²) in [7, 11) is 0. The molecule has 0 radical (unpaired) electrons. The van der Waals surface area contributed by atoms with Gasteiger partial charge in [0.25, 0.3) is 0 Å². The first-order valence-corrected chi connectivity index (χ1v) is 5.19. The average Bonchev–Trinajstić information content (AvgIpc) is 2.19. The molecule has 0 saturated carbocycles. The van der Waals surface area contributed by atoms with Crippen molar-refractivity contribution >= 4 is 6.08 Å². The van der Waals surface area contributed by atoms with Gasteiger partial charge in [0, 0.05) is 0 Å². The largest absolute Gasteiger partial charge is 0.0836 e. The summed E-state index contributed by atoms with van der Waals surface area (Å²) in [5.74, 6) is 0. The zero-order chi connectivity index (χ0) is 9.10. The Hall–Kier alpha value is -1.04. The Morgan fingerprint density at radius 3 is 3.08 bits per heavy atom. The van der Waals surface area contributed by atoms with Crippen molar-refractivity contribution in [3.63, 3.8) is 0 Å². The fourth-order valence-corrected chi connectivity index (χ4v) is 2.03. The van der Waals surface area contributed by atoms with Gasteiger partial charge in [0.15, 0.2) is 0 Å². The summed E-state index contributed by atoms with van der Waals surface area (Å²) in [6.07, 6.45) is 9.48. The summed E-state index contributed by atoms with van der Waals surface area (Å²) in [6, 6.07) is 6.72. The van der Waals surface area contributed by atoms with Gasteiger partial charge in [-0.3, -0.25) is 0 Å². The molecule has 2 rings (SSSR count). The van der Waals surface area contributed by atoms with Crippen LogP contribution in [0.4, 0.5) is 0 Å². The van der Waals surface area contributed by atoms with E-state index in [9.17, 15) is 0 Å². The van der Waals surface area contributed by atoms with Crippen LogP contribution >= 0.6 is 0 Å². The van der Waals surface area contributed by atoms with E-state index in [1.165, 1.54) is 42.4 Å². The van der Waals surface area contributed by atoms with Crippen molar-refractivity contribution in [1.82, 2.24) is 0 Å². The van der Waals surface area contributed by atoms with Crippen LogP contribution in [0.5, 0.6) is 0 Å². The van der Waals surface area contributed by atoms with Crippen LogP contribution in [0, 0.1) is 0 Å². The molecule has 0 unspecified atom stereocenters. The summed E-state index contributed by atoms with van der Waals surface area (Å²) < 4.78 is 0. The van der Waals surface area contributed by atoms with Crippen molar-refractivity contribution in [1.29, 1.82) is 0 Å². The molecule has 1 aromatic carbocycles. The lowest BCUT2D eigenvalue weighted by atomic mass is 9.91. The molecule has 0 spiro atoms. The monoisotopic (exact) mass is 172 g/mol. The summed E-state index contributed by atoms with van der Waals surface area (Å²) >= 11 is 0. The van der Waals surface area contributed by atoms with E-state index in [4.69, 9.17) is 0 Å². The molecule has 0 fully saturated rings. The first-order valence-electron chi connectivity index (χ1n) is 5.19. The summed E-state index contributed by atoms with van der Waals surface area (Å²) in [6.45, 7) is 2.24. The zero-order valence-corrected chi connectivity index (χ0v) is 8.22. The van der Waals surface area contributed by atoms with E-state index < -0.39 is 0 Å². The molecule has 0 aromatic heterocycles. The van der Waals surface area contributed by atoms with E-state index in [1.807, 2.05) is 0 Å². The molecule has 0 amide bonds. The number of aryl methyl sites for hydroxylation is 2. The summed E-state index contributed by atoms with van der Waals surface area (Å²) in [5.41, 5.74) is 4.56. The highest BCUT2D eigenvalue weighted by Crippen LogP contribution is 2.23. The third-order valence-electron chi connectivity index (χ3n) is 2.67. The quantitative estimate of drug-likeness (QED) is 0.639. The van der Waals surface area contributed by atoms with Crippen molar-refractivity contribution in [3.05, 3.63) is 41.0 Å². The van der Waals surface area contributed by atoms with E-state index in [0.29, 0.717) is 0 Å². The highest BCUT2D eigenvalue weighted by atomic mass is 14.1. The molecule has 0 aliphatic heterocycles. The van der Waals surface area contributed by atoms with Crippen molar-refractivity contribution < 1.29 is 0 Å². The number of benzene rings is 1. The molecule has 0 saturated heterocycles. The maximum Gasteiger partial charge on any atom is -0.0195 e. The molecule has 0 nitrogen and oxygen atoms in total. The third kappa shape index (κ3) is 1.67. The van der Waals surface area contributed by atoms with Crippen LogP contribution in [0.3, 0.4) is 0 Å². The Morgan fingerprint density at radius 1 is 1.31 bits per heavy atom. The molecule has 1 aromatic rings. The predicted octanol–water partition coefficient (Wildman–Crippen LogP) is 3.60. The summed E-state index contributed by atoms with van der Waals surface area (Å²) in [4.78, 5) is 0. The smallest absolute Gasteiger partial charge is 0.0195 e. The maximum absolute atomic E-state index is 2.30. The first-order chi connectivity index (χ1) is 6.42. The second-order valence-corrected chi connectivity index (χ2v) is 3.68. The number of hydrogen-bond donors (Lipinski definition) is 0. The van der Waals surface area contributed by atoms with E-state index in [1.54, 1.807) is 0 Å². The van der Waals surface area contributed by atoms with Crippen LogP contribution < -0.4 is 0 Å². The van der Waals surface area contributed by atoms with Crippen LogP contribution in [0.1, 0.15) is 36.5 Å². The van der Waals surface area contributed by atoms with Crippen LogP contribution in [-0.4, -0.2) is 0 Å². The molecule has 68 valence electrons. The predicted molar refractivity (Wildman–Crippen MR) is 57.8 cm³/mol. The number of hydrogen-bond acceptors (Lipinski definition) is 0. The Morgan fingerprint density at radius 2 is 2.23 bits per heavy atom. The lowest BCUT2D eigenvalue weighted by Gasteiger charge is -2.14. The molecular formula is C13H16. The molecule has 13 heavy (non-hydrogen) atoms. The normalized spacial score (nSPS) is 14.2. The van der Waals surface area contributed by atoms with Gasteiger partial charge in [-0.1, -0.05) is 43.7 Å². The van der Waals surface area contributed by atoms with E-state index in [2.05, 4.69) is 37.3 Å². The van der Waals surface area contributed by atoms with Crippen LogP contribution in [0.25, 0.3) is 6.08 Å². The highest BCUT2D eigenvalue weighted by molar-refractivity contribution is 5.60. The number of rotatable bonds is 2. The minimum atomic E-state index is 1.21. The van der Waals surface area contributed by atoms with Crippen molar-refractivity contribution in [2.75, 3.05) is 0 Å². The SMILES string of the molecule is CCCc1cccc2c1C=CCC2.